The molecule has 0 aliphatic carbocycles. The van der Waals surface area contributed by atoms with E-state index in [0.29, 0.717) is 12.2 Å². The quantitative estimate of drug-likeness (QED) is 0.571. The van der Waals surface area contributed by atoms with Crippen LogP contribution in [0.5, 0.6) is 0 Å². The van der Waals surface area contributed by atoms with Crippen LogP contribution in [0.4, 0.5) is 15.8 Å². The molecule has 0 atom stereocenters. The second kappa shape index (κ2) is 5.27. The summed E-state index contributed by atoms with van der Waals surface area (Å²) in [6.07, 6.45) is 5.03. The molecule has 0 saturated heterocycles. The summed E-state index contributed by atoms with van der Waals surface area (Å²) >= 11 is 0. The van der Waals surface area contributed by atoms with Crippen molar-refractivity contribution < 1.29 is 4.39 Å². The zero-order valence-electron chi connectivity index (χ0n) is 8.26. The van der Waals surface area contributed by atoms with E-state index in [9.17, 15) is 4.39 Å². The molecule has 3 N–H and O–H groups in total. The first-order valence-corrected chi connectivity index (χ1v) is 4.68. The lowest BCUT2D eigenvalue weighted by molar-refractivity contribution is 0.633. The summed E-state index contributed by atoms with van der Waals surface area (Å²) in [5.41, 5.74) is 6.36. The average molecular weight is 194 g/mol. The van der Waals surface area contributed by atoms with Gasteiger partial charge >= 0.3 is 0 Å². The summed E-state index contributed by atoms with van der Waals surface area (Å²) < 4.78 is 13.0. The number of nitrogen functional groups attached to an aromatic ring is 1. The third kappa shape index (κ3) is 2.76. The molecule has 0 aromatic heterocycles. The van der Waals surface area contributed by atoms with Crippen molar-refractivity contribution in [2.75, 3.05) is 17.6 Å². The van der Waals surface area contributed by atoms with E-state index in [0.717, 1.165) is 6.42 Å². The third-order valence-corrected chi connectivity index (χ3v) is 1.87. The van der Waals surface area contributed by atoms with Crippen LogP contribution >= 0.6 is 0 Å². The number of hydrogen-bond donors (Lipinski definition) is 2. The Bertz CT molecular complexity index is 321. The molecular formula is C11H15FN2. The van der Waals surface area contributed by atoms with Gasteiger partial charge in [0.1, 0.15) is 5.82 Å². The molecule has 0 aliphatic rings. The summed E-state index contributed by atoms with van der Waals surface area (Å²) in [7, 11) is 0. The lowest BCUT2D eigenvalue weighted by Crippen LogP contribution is -2.03. The van der Waals surface area contributed by atoms with Gasteiger partial charge in [-0.2, -0.15) is 0 Å². The Balaban J connectivity index is 2.59. The highest BCUT2D eigenvalue weighted by Gasteiger charge is 2.01. The van der Waals surface area contributed by atoms with Crippen molar-refractivity contribution in [2.45, 2.75) is 13.3 Å². The summed E-state index contributed by atoms with van der Waals surface area (Å²) in [6, 6.07) is 4.75. The van der Waals surface area contributed by atoms with E-state index < -0.39 is 0 Å². The van der Waals surface area contributed by atoms with Crippen LogP contribution in [0.1, 0.15) is 13.3 Å². The Morgan fingerprint density at radius 1 is 1.43 bits per heavy atom. The van der Waals surface area contributed by atoms with Crippen molar-refractivity contribution in [1.29, 1.82) is 0 Å². The van der Waals surface area contributed by atoms with Crippen molar-refractivity contribution in [1.82, 2.24) is 0 Å². The Hall–Kier alpha value is -1.51. The Morgan fingerprint density at radius 2 is 2.21 bits per heavy atom. The zero-order chi connectivity index (χ0) is 10.4. The van der Waals surface area contributed by atoms with Gasteiger partial charge in [-0.05, 0) is 18.6 Å². The van der Waals surface area contributed by atoms with Crippen LogP contribution in [0.15, 0.2) is 30.4 Å². The minimum absolute atomic E-state index is 0.178. The zero-order valence-corrected chi connectivity index (χ0v) is 8.26. The van der Waals surface area contributed by atoms with Crippen LogP contribution < -0.4 is 11.1 Å². The van der Waals surface area contributed by atoms with Crippen molar-refractivity contribution in [3.05, 3.63) is 36.2 Å². The molecule has 0 radical (unpaired) electrons. The summed E-state index contributed by atoms with van der Waals surface area (Å²) in [5, 5.41) is 3.04. The second-order valence-electron chi connectivity index (χ2n) is 2.96. The molecule has 2 nitrogen and oxygen atoms in total. The first-order valence-electron chi connectivity index (χ1n) is 4.68. The molecule has 0 amide bonds. The fraction of sp³-hybridized carbons (Fsp3) is 0.273. The lowest BCUT2D eigenvalue weighted by Gasteiger charge is -2.07. The number of para-hydroxylation sites is 1. The fourth-order valence-electron chi connectivity index (χ4n) is 1.11. The van der Waals surface area contributed by atoms with Crippen LogP contribution in [0.2, 0.25) is 0 Å². The monoisotopic (exact) mass is 194 g/mol. The van der Waals surface area contributed by atoms with E-state index in [4.69, 9.17) is 5.73 Å². The number of hydrogen-bond acceptors (Lipinski definition) is 2. The molecular weight excluding hydrogens is 179 g/mol. The van der Waals surface area contributed by atoms with Crippen LogP contribution in [0, 0.1) is 5.82 Å². The van der Waals surface area contributed by atoms with E-state index in [1.807, 2.05) is 12.2 Å². The van der Waals surface area contributed by atoms with Gasteiger partial charge in [0.15, 0.2) is 0 Å². The number of nitrogens with two attached hydrogens (primary N) is 1. The maximum Gasteiger partial charge on any atom is 0.148 e. The predicted octanol–water partition coefficient (Wildman–Crippen LogP) is 2.79. The number of benzene rings is 1. The van der Waals surface area contributed by atoms with Crippen molar-refractivity contribution >= 4 is 11.4 Å². The van der Waals surface area contributed by atoms with E-state index in [2.05, 4.69) is 12.2 Å². The Kier molecular flexibility index (Phi) is 3.98. The number of rotatable bonds is 4. The molecule has 14 heavy (non-hydrogen) atoms. The highest BCUT2D eigenvalue weighted by atomic mass is 19.1. The van der Waals surface area contributed by atoms with E-state index >= 15 is 0 Å². The summed E-state index contributed by atoms with van der Waals surface area (Å²) in [5.74, 6) is -0.380. The highest BCUT2D eigenvalue weighted by molar-refractivity contribution is 5.66. The maximum absolute atomic E-state index is 13.0. The molecule has 1 rings (SSSR count). The molecule has 3 heteroatoms. The van der Waals surface area contributed by atoms with E-state index in [-0.39, 0.29) is 11.5 Å². The van der Waals surface area contributed by atoms with Crippen LogP contribution in [0.3, 0.4) is 0 Å². The van der Waals surface area contributed by atoms with Gasteiger partial charge in [0, 0.05) is 6.54 Å². The van der Waals surface area contributed by atoms with Crippen molar-refractivity contribution in [3.63, 3.8) is 0 Å². The molecule has 76 valence electrons. The van der Waals surface area contributed by atoms with Crippen LogP contribution in [-0.2, 0) is 0 Å². The van der Waals surface area contributed by atoms with E-state index in [1.165, 1.54) is 6.07 Å². The molecule has 0 spiro atoms. The van der Waals surface area contributed by atoms with Gasteiger partial charge in [-0.1, -0.05) is 25.1 Å². The summed E-state index contributed by atoms with van der Waals surface area (Å²) in [4.78, 5) is 0. The first kappa shape index (κ1) is 10.6. The van der Waals surface area contributed by atoms with Gasteiger partial charge in [-0.15, -0.1) is 0 Å². The standard InChI is InChI=1S/C11H15FN2/c1-2-3-4-8-14-10-7-5-6-9(12)11(10)13/h3-7,14H,2,8,13H2,1H3/b4-3+. The largest absolute Gasteiger partial charge is 0.395 e. The van der Waals surface area contributed by atoms with E-state index in [1.54, 1.807) is 12.1 Å². The van der Waals surface area contributed by atoms with Gasteiger partial charge < -0.3 is 11.1 Å². The van der Waals surface area contributed by atoms with Gasteiger partial charge in [-0.3, -0.25) is 0 Å². The van der Waals surface area contributed by atoms with Gasteiger partial charge in [-0.25, -0.2) is 4.39 Å². The smallest absolute Gasteiger partial charge is 0.148 e. The maximum atomic E-state index is 13.0. The second-order valence-corrected chi connectivity index (χ2v) is 2.96. The predicted molar refractivity (Wildman–Crippen MR) is 58.7 cm³/mol. The third-order valence-electron chi connectivity index (χ3n) is 1.87. The van der Waals surface area contributed by atoms with Gasteiger partial charge in [0.05, 0.1) is 11.4 Å². The lowest BCUT2D eigenvalue weighted by atomic mass is 10.2. The van der Waals surface area contributed by atoms with Crippen LogP contribution in [0.25, 0.3) is 0 Å². The highest BCUT2D eigenvalue weighted by Crippen LogP contribution is 2.20. The first-order chi connectivity index (χ1) is 6.75. The molecule has 0 heterocycles. The molecule has 1 aromatic carbocycles. The van der Waals surface area contributed by atoms with Crippen molar-refractivity contribution in [2.24, 2.45) is 0 Å². The van der Waals surface area contributed by atoms with Crippen molar-refractivity contribution in [3.8, 4) is 0 Å². The topological polar surface area (TPSA) is 38.0 Å². The minimum atomic E-state index is -0.380. The number of halogens is 1. The minimum Gasteiger partial charge on any atom is -0.395 e. The molecule has 0 fully saturated rings. The number of nitrogens with one attached hydrogen (secondary N) is 1. The number of allylic oxidation sites excluding steroid dienone is 1. The summed E-state index contributed by atoms with van der Waals surface area (Å²) in [6.45, 7) is 2.73. The van der Waals surface area contributed by atoms with Gasteiger partial charge in [0.25, 0.3) is 0 Å². The molecule has 0 aliphatic heterocycles. The molecule has 0 bridgehead atoms. The van der Waals surface area contributed by atoms with Crippen LogP contribution in [-0.4, -0.2) is 6.54 Å². The van der Waals surface area contributed by atoms with Gasteiger partial charge in [0.2, 0.25) is 0 Å². The molecule has 1 aromatic rings. The number of anilines is 2. The Labute approximate surface area is 83.6 Å². The normalized spacial score (nSPS) is 10.7. The SMILES string of the molecule is CC/C=C/CNc1cccc(F)c1N. The Morgan fingerprint density at radius 3 is 2.93 bits per heavy atom. The average Bonchev–Trinajstić information content (AvgIpc) is 2.19. The fourth-order valence-corrected chi connectivity index (χ4v) is 1.11. The molecule has 0 saturated carbocycles. The molecule has 0 unspecified atom stereocenters.